The van der Waals surface area contributed by atoms with Gasteiger partial charge < -0.3 is 5.32 Å². The second-order valence-corrected chi connectivity index (χ2v) is 4.75. The molecule has 0 bridgehead atoms. The molecule has 0 unspecified atom stereocenters. The molecule has 0 aliphatic rings. The fourth-order valence-electron chi connectivity index (χ4n) is 1.48. The number of benzene rings is 1. The molecule has 0 fully saturated rings. The number of nitrogens with zero attached hydrogens (tertiary/aromatic N) is 2. The van der Waals surface area contributed by atoms with Crippen molar-refractivity contribution in [3.63, 3.8) is 0 Å². The normalized spacial score (nSPS) is 9.95. The zero-order valence-electron chi connectivity index (χ0n) is 10.1. The van der Waals surface area contributed by atoms with Gasteiger partial charge in [0, 0.05) is 23.4 Å². The lowest BCUT2D eigenvalue weighted by molar-refractivity contribution is 0.252. The molecule has 0 aliphatic heterocycles. The molecule has 0 spiro atoms. The third kappa shape index (κ3) is 4.67. The smallest absolute Gasteiger partial charge is 0.321 e. The summed E-state index contributed by atoms with van der Waals surface area (Å²) in [5.74, 6) is 0.295. The highest BCUT2D eigenvalue weighted by atomic mass is 79.9. The maximum atomic E-state index is 11.5. The lowest BCUT2D eigenvalue weighted by atomic mass is 10.1. The molecule has 19 heavy (non-hydrogen) atoms. The Bertz CT molecular complexity index is 530. The fraction of sp³-hybridized carbons (Fsp3) is 0.154. The van der Waals surface area contributed by atoms with E-state index in [1.807, 2.05) is 24.3 Å². The Morgan fingerprint density at radius 2 is 1.84 bits per heavy atom. The maximum Gasteiger partial charge on any atom is 0.321 e. The molecular formula is C13H13BrN4O. The Balaban J connectivity index is 1.74. The van der Waals surface area contributed by atoms with Crippen LogP contribution in [0.1, 0.15) is 5.56 Å². The molecule has 1 heterocycles. The van der Waals surface area contributed by atoms with Gasteiger partial charge in [-0.2, -0.15) is 0 Å². The molecule has 0 saturated heterocycles. The minimum atomic E-state index is -0.302. The summed E-state index contributed by atoms with van der Waals surface area (Å²) < 4.78 is 1.04. The van der Waals surface area contributed by atoms with Gasteiger partial charge >= 0.3 is 6.03 Å². The predicted molar refractivity (Wildman–Crippen MR) is 76.9 cm³/mol. The number of urea groups is 1. The van der Waals surface area contributed by atoms with Gasteiger partial charge in [-0.15, -0.1) is 0 Å². The van der Waals surface area contributed by atoms with Crippen molar-refractivity contribution in [2.45, 2.75) is 6.42 Å². The summed E-state index contributed by atoms with van der Waals surface area (Å²) in [5, 5.41) is 5.31. The first-order chi connectivity index (χ1) is 9.24. The first-order valence-corrected chi connectivity index (χ1v) is 6.59. The van der Waals surface area contributed by atoms with Gasteiger partial charge in [0.2, 0.25) is 5.95 Å². The number of halogens is 1. The summed E-state index contributed by atoms with van der Waals surface area (Å²) in [7, 11) is 0. The van der Waals surface area contributed by atoms with Crippen LogP contribution in [0.3, 0.4) is 0 Å². The molecular weight excluding hydrogens is 308 g/mol. The molecule has 5 nitrogen and oxygen atoms in total. The van der Waals surface area contributed by atoms with Crippen LogP contribution in [0.2, 0.25) is 0 Å². The zero-order valence-corrected chi connectivity index (χ0v) is 11.7. The highest BCUT2D eigenvalue weighted by molar-refractivity contribution is 9.10. The largest absolute Gasteiger partial charge is 0.337 e. The van der Waals surface area contributed by atoms with Gasteiger partial charge in [0.25, 0.3) is 0 Å². The molecule has 2 aromatic rings. The van der Waals surface area contributed by atoms with E-state index in [-0.39, 0.29) is 6.03 Å². The Hall–Kier alpha value is -1.95. The Morgan fingerprint density at radius 3 is 2.53 bits per heavy atom. The molecule has 6 heteroatoms. The van der Waals surface area contributed by atoms with Gasteiger partial charge in [-0.05, 0) is 30.2 Å². The quantitative estimate of drug-likeness (QED) is 0.910. The van der Waals surface area contributed by atoms with E-state index in [0.717, 1.165) is 10.9 Å². The second kappa shape index (κ2) is 6.84. The Kier molecular flexibility index (Phi) is 4.85. The number of hydrogen-bond acceptors (Lipinski definition) is 3. The SMILES string of the molecule is O=C(NCCc1ccc(Br)cc1)Nc1ncccn1. The van der Waals surface area contributed by atoms with E-state index in [9.17, 15) is 4.79 Å². The van der Waals surface area contributed by atoms with Crippen LogP contribution in [0.5, 0.6) is 0 Å². The summed E-state index contributed by atoms with van der Waals surface area (Å²) in [4.78, 5) is 19.4. The van der Waals surface area contributed by atoms with Crippen molar-refractivity contribution < 1.29 is 4.79 Å². The van der Waals surface area contributed by atoms with Crippen LogP contribution in [0.25, 0.3) is 0 Å². The van der Waals surface area contributed by atoms with E-state index < -0.39 is 0 Å². The van der Waals surface area contributed by atoms with Crippen LogP contribution < -0.4 is 10.6 Å². The van der Waals surface area contributed by atoms with Gasteiger partial charge in [0.05, 0.1) is 0 Å². The number of anilines is 1. The van der Waals surface area contributed by atoms with Gasteiger partial charge in [-0.1, -0.05) is 28.1 Å². The number of amides is 2. The number of carbonyl (C=O) groups is 1. The minimum Gasteiger partial charge on any atom is -0.337 e. The first-order valence-electron chi connectivity index (χ1n) is 5.80. The molecule has 2 rings (SSSR count). The highest BCUT2D eigenvalue weighted by Crippen LogP contribution is 2.10. The van der Waals surface area contributed by atoms with Crippen molar-refractivity contribution in [1.29, 1.82) is 0 Å². The van der Waals surface area contributed by atoms with Crippen LogP contribution in [-0.4, -0.2) is 22.5 Å². The van der Waals surface area contributed by atoms with Crippen LogP contribution in [-0.2, 0) is 6.42 Å². The van der Waals surface area contributed by atoms with Gasteiger partial charge in [0.15, 0.2) is 0 Å². The lowest BCUT2D eigenvalue weighted by Gasteiger charge is -2.06. The number of aromatic nitrogens is 2. The van der Waals surface area contributed by atoms with Crippen LogP contribution in [0.15, 0.2) is 47.2 Å². The maximum absolute atomic E-state index is 11.5. The monoisotopic (exact) mass is 320 g/mol. The van der Waals surface area contributed by atoms with Crippen molar-refractivity contribution in [1.82, 2.24) is 15.3 Å². The molecule has 0 saturated carbocycles. The van der Waals surface area contributed by atoms with Crippen molar-refractivity contribution in [2.24, 2.45) is 0 Å². The fourth-order valence-corrected chi connectivity index (χ4v) is 1.75. The number of carbonyl (C=O) groups excluding carboxylic acids is 1. The van der Waals surface area contributed by atoms with E-state index in [2.05, 4.69) is 36.5 Å². The number of nitrogens with one attached hydrogen (secondary N) is 2. The summed E-state index contributed by atoms with van der Waals surface area (Å²) in [6.07, 6.45) is 3.92. The molecule has 0 aliphatic carbocycles. The molecule has 2 amide bonds. The Labute approximate surface area is 119 Å². The second-order valence-electron chi connectivity index (χ2n) is 3.83. The predicted octanol–water partition coefficient (Wildman–Crippen LogP) is 2.60. The average Bonchev–Trinajstić information content (AvgIpc) is 2.42. The molecule has 2 N–H and O–H groups in total. The van der Waals surface area contributed by atoms with E-state index in [0.29, 0.717) is 12.5 Å². The van der Waals surface area contributed by atoms with Gasteiger partial charge in [-0.25, -0.2) is 14.8 Å². The van der Waals surface area contributed by atoms with Crippen molar-refractivity contribution in [2.75, 3.05) is 11.9 Å². The topological polar surface area (TPSA) is 66.9 Å². The van der Waals surface area contributed by atoms with Crippen LogP contribution in [0, 0.1) is 0 Å². The third-order valence-electron chi connectivity index (χ3n) is 2.40. The lowest BCUT2D eigenvalue weighted by Crippen LogP contribution is -2.31. The van der Waals surface area contributed by atoms with Crippen molar-refractivity contribution >= 4 is 27.9 Å². The van der Waals surface area contributed by atoms with E-state index in [4.69, 9.17) is 0 Å². The summed E-state index contributed by atoms with van der Waals surface area (Å²) in [5.41, 5.74) is 1.17. The van der Waals surface area contributed by atoms with Crippen LogP contribution >= 0.6 is 15.9 Å². The summed E-state index contributed by atoms with van der Waals surface area (Å²) in [6.45, 7) is 0.556. The standard InChI is InChI=1S/C13H13BrN4O/c14-11-4-2-10(3-5-11)6-9-17-13(19)18-12-15-7-1-8-16-12/h1-5,7-8H,6,9H2,(H2,15,16,17,18,19). The summed E-state index contributed by atoms with van der Waals surface area (Å²) >= 11 is 3.38. The van der Waals surface area contributed by atoms with E-state index in [1.54, 1.807) is 18.5 Å². The van der Waals surface area contributed by atoms with Crippen molar-refractivity contribution in [3.05, 3.63) is 52.8 Å². The minimum absolute atomic E-state index is 0.295. The molecule has 0 radical (unpaired) electrons. The van der Waals surface area contributed by atoms with Crippen molar-refractivity contribution in [3.8, 4) is 0 Å². The molecule has 1 aromatic heterocycles. The average molecular weight is 321 g/mol. The number of hydrogen-bond donors (Lipinski definition) is 2. The third-order valence-corrected chi connectivity index (χ3v) is 2.93. The molecule has 1 aromatic carbocycles. The molecule has 98 valence electrons. The van der Waals surface area contributed by atoms with E-state index >= 15 is 0 Å². The highest BCUT2D eigenvalue weighted by Gasteiger charge is 2.02. The summed E-state index contributed by atoms with van der Waals surface area (Å²) in [6, 6.07) is 9.38. The Morgan fingerprint density at radius 1 is 1.16 bits per heavy atom. The van der Waals surface area contributed by atoms with E-state index in [1.165, 1.54) is 5.56 Å². The van der Waals surface area contributed by atoms with Gasteiger partial charge in [0.1, 0.15) is 0 Å². The number of rotatable bonds is 4. The van der Waals surface area contributed by atoms with Gasteiger partial charge in [-0.3, -0.25) is 5.32 Å². The molecule has 0 atom stereocenters. The first kappa shape index (κ1) is 13.5. The zero-order chi connectivity index (χ0) is 13.5. The van der Waals surface area contributed by atoms with Crippen LogP contribution in [0.4, 0.5) is 10.7 Å².